The average molecular weight is 217 g/mol. The lowest BCUT2D eigenvalue weighted by Gasteiger charge is -2.19. The zero-order valence-corrected chi connectivity index (χ0v) is 9.52. The van der Waals surface area contributed by atoms with E-state index in [1.165, 1.54) is 25.7 Å². The molecule has 0 spiro atoms. The Kier molecular flexibility index (Phi) is 2.21. The Balaban J connectivity index is 1.82. The molecule has 1 aromatic carbocycles. The van der Waals surface area contributed by atoms with Crippen molar-refractivity contribution in [2.75, 3.05) is 0 Å². The second kappa shape index (κ2) is 3.49. The average Bonchev–Trinajstić information content (AvgIpc) is 2.77. The standard InChI is InChI=1S/C14H19NO/c15-14(10-5-1-2-6-10)9-12(14)11-7-3-4-8-13(11)16/h3-4,7-8,10,12,16H,1-2,5-6,9,15H2. The molecule has 1 aromatic rings. The lowest BCUT2D eigenvalue weighted by Crippen LogP contribution is -2.32. The molecule has 2 aliphatic carbocycles. The minimum absolute atomic E-state index is 0.0185. The van der Waals surface area contributed by atoms with Crippen LogP contribution in [-0.4, -0.2) is 10.6 Å². The molecule has 3 N–H and O–H groups in total. The molecule has 2 nitrogen and oxygen atoms in total. The van der Waals surface area contributed by atoms with Gasteiger partial charge in [0.1, 0.15) is 5.75 Å². The van der Waals surface area contributed by atoms with Crippen molar-refractivity contribution >= 4 is 0 Å². The molecular weight excluding hydrogens is 198 g/mol. The normalized spacial score (nSPS) is 34.2. The van der Waals surface area contributed by atoms with Gasteiger partial charge in [0, 0.05) is 11.5 Å². The summed E-state index contributed by atoms with van der Waals surface area (Å²) in [5, 5.41) is 9.84. The van der Waals surface area contributed by atoms with Gasteiger partial charge in [0.05, 0.1) is 0 Å². The zero-order chi connectivity index (χ0) is 11.2. The summed E-state index contributed by atoms with van der Waals surface area (Å²) in [6.45, 7) is 0. The van der Waals surface area contributed by atoms with Crippen molar-refractivity contribution in [3.05, 3.63) is 29.8 Å². The van der Waals surface area contributed by atoms with Crippen LogP contribution in [-0.2, 0) is 0 Å². The molecule has 16 heavy (non-hydrogen) atoms. The summed E-state index contributed by atoms with van der Waals surface area (Å²) < 4.78 is 0. The van der Waals surface area contributed by atoms with Gasteiger partial charge in [-0.2, -0.15) is 0 Å². The highest BCUT2D eigenvalue weighted by Crippen LogP contribution is 2.59. The summed E-state index contributed by atoms with van der Waals surface area (Å²) in [5.41, 5.74) is 7.52. The molecule has 0 bridgehead atoms. The van der Waals surface area contributed by atoms with Gasteiger partial charge in [-0.3, -0.25) is 0 Å². The minimum Gasteiger partial charge on any atom is -0.508 e. The second-order valence-corrected chi connectivity index (χ2v) is 5.41. The summed E-state index contributed by atoms with van der Waals surface area (Å²) in [5.74, 6) is 1.48. The summed E-state index contributed by atoms with van der Waals surface area (Å²) in [6, 6.07) is 7.64. The van der Waals surface area contributed by atoms with Crippen LogP contribution in [0, 0.1) is 5.92 Å². The molecule has 2 fully saturated rings. The Morgan fingerprint density at radius 3 is 2.56 bits per heavy atom. The van der Waals surface area contributed by atoms with Crippen molar-refractivity contribution in [3.8, 4) is 5.75 Å². The molecule has 0 aromatic heterocycles. The van der Waals surface area contributed by atoms with E-state index in [0.717, 1.165) is 12.0 Å². The zero-order valence-electron chi connectivity index (χ0n) is 9.52. The molecule has 2 atom stereocenters. The van der Waals surface area contributed by atoms with Crippen LogP contribution in [0.2, 0.25) is 0 Å². The van der Waals surface area contributed by atoms with Crippen LogP contribution in [0.5, 0.6) is 5.75 Å². The monoisotopic (exact) mass is 217 g/mol. The topological polar surface area (TPSA) is 46.2 Å². The smallest absolute Gasteiger partial charge is 0.119 e. The van der Waals surface area contributed by atoms with Crippen molar-refractivity contribution < 1.29 is 5.11 Å². The number of benzene rings is 1. The number of hydrogen-bond acceptors (Lipinski definition) is 2. The van der Waals surface area contributed by atoms with E-state index in [-0.39, 0.29) is 5.54 Å². The molecule has 86 valence electrons. The quantitative estimate of drug-likeness (QED) is 0.800. The van der Waals surface area contributed by atoms with E-state index in [1.807, 2.05) is 18.2 Å². The highest BCUT2D eigenvalue weighted by Gasteiger charge is 2.57. The fraction of sp³-hybridized carbons (Fsp3) is 0.571. The molecule has 2 saturated carbocycles. The molecular formula is C14H19NO. The van der Waals surface area contributed by atoms with Gasteiger partial charge < -0.3 is 10.8 Å². The fourth-order valence-electron chi connectivity index (χ4n) is 3.39. The van der Waals surface area contributed by atoms with E-state index < -0.39 is 0 Å². The van der Waals surface area contributed by atoms with Crippen molar-refractivity contribution in [1.29, 1.82) is 0 Å². The Hall–Kier alpha value is -1.02. The van der Waals surface area contributed by atoms with E-state index >= 15 is 0 Å². The second-order valence-electron chi connectivity index (χ2n) is 5.41. The predicted molar refractivity (Wildman–Crippen MR) is 64.3 cm³/mol. The molecule has 0 heterocycles. The van der Waals surface area contributed by atoms with Crippen LogP contribution in [0.25, 0.3) is 0 Å². The Morgan fingerprint density at radius 1 is 1.19 bits per heavy atom. The van der Waals surface area contributed by atoms with Crippen LogP contribution in [0.4, 0.5) is 0 Å². The summed E-state index contributed by atoms with van der Waals surface area (Å²) >= 11 is 0. The van der Waals surface area contributed by atoms with Gasteiger partial charge in [-0.05, 0) is 36.8 Å². The predicted octanol–water partition coefficient (Wildman–Crippen LogP) is 2.77. The number of hydrogen-bond donors (Lipinski definition) is 2. The first-order valence-corrected chi connectivity index (χ1v) is 6.28. The van der Waals surface area contributed by atoms with E-state index in [9.17, 15) is 5.11 Å². The summed E-state index contributed by atoms with van der Waals surface area (Å²) in [4.78, 5) is 0. The maximum atomic E-state index is 9.84. The van der Waals surface area contributed by atoms with Gasteiger partial charge in [0.25, 0.3) is 0 Å². The van der Waals surface area contributed by atoms with Gasteiger partial charge in [-0.1, -0.05) is 31.0 Å². The molecule has 2 unspecified atom stereocenters. The van der Waals surface area contributed by atoms with Crippen LogP contribution in [0.1, 0.15) is 43.6 Å². The van der Waals surface area contributed by atoms with Crippen LogP contribution in [0.15, 0.2) is 24.3 Å². The first kappa shape index (κ1) is 10.2. The van der Waals surface area contributed by atoms with Crippen molar-refractivity contribution in [2.24, 2.45) is 11.7 Å². The number of phenolic OH excluding ortho intramolecular Hbond substituents is 1. The largest absolute Gasteiger partial charge is 0.508 e. The summed E-state index contributed by atoms with van der Waals surface area (Å²) in [7, 11) is 0. The van der Waals surface area contributed by atoms with E-state index in [1.54, 1.807) is 6.07 Å². The lowest BCUT2D eigenvalue weighted by atomic mass is 9.92. The molecule has 0 saturated heterocycles. The number of phenols is 1. The van der Waals surface area contributed by atoms with Crippen molar-refractivity contribution in [3.63, 3.8) is 0 Å². The molecule has 3 rings (SSSR count). The van der Waals surface area contributed by atoms with Crippen molar-refractivity contribution in [2.45, 2.75) is 43.6 Å². The fourth-order valence-corrected chi connectivity index (χ4v) is 3.39. The van der Waals surface area contributed by atoms with E-state index in [4.69, 9.17) is 5.73 Å². The first-order valence-electron chi connectivity index (χ1n) is 6.28. The molecule has 2 aliphatic rings. The van der Waals surface area contributed by atoms with Gasteiger partial charge in [-0.25, -0.2) is 0 Å². The SMILES string of the molecule is NC1(C2CCCC2)CC1c1ccccc1O. The van der Waals surface area contributed by atoms with Crippen LogP contribution >= 0.6 is 0 Å². The third-order valence-electron chi connectivity index (χ3n) is 4.47. The summed E-state index contributed by atoms with van der Waals surface area (Å²) in [6.07, 6.45) is 6.27. The van der Waals surface area contributed by atoms with Crippen LogP contribution in [0.3, 0.4) is 0 Å². The molecule has 0 radical (unpaired) electrons. The number of nitrogens with two attached hydrogens (primary N) is 1. The highest BCUT2D eigenvalue weighted by molar-refractivity contribution is 5.43. The Morgan fingerprint density at radius 2 is 1.88 bits per heavy atom. The molecule has 0 aliphatic heterocycles. The van der Waals surface area contributed by atoms with Gasteiger partial charge in [0.2, 0.25) is 0 Å². The number of para-hydroxylation sites is 1. The number of aromatic hydroxyl groups is 1. The molecule has 2 heteroatoms. The van der Waals surface area contributed by atoms with Gasteiger partial charge in [0.15, 0.2) is 0 Å². The lowest BCUT2D eigenvalue weighted by molar-refractivity contribution is 0.400. The van der Waals surface area contributed by atoms with Crippen molar-refractivity contribution in [1.82, 2.24) is 0 Å². The number of rotatable bonds is 2. The third-order valence-corrected chi connectivity index (χ3v) is 4.47. The third kappa shape index (κ3) is 1.44. The van der Waals surface area contributed by atoms with Crippen LogP contribution < -0.4 is 5.73 Å². The Bertz CT molecular complexity index is 397. The minimum atomic E-state index is -0.0185. The first-order chi connectivity index (χ1) is 7.72. The molecule has 0 amide bonds. The van der Waals surface area contributed by atoms with Gasteiger partial charge >= 0.3 is 0 Å². The van der Waals surface area contributed by atoms with E-state index in [0.29, 0.717) is 17.6 Å². The maximum absolute atomic E-state index is 9.84. The maximum Gasteiger partial charge on any atom is 0.119 e. The Labute approximate surface area is 96.5 Å². The highest BCUT2D eigenvalue weighted by atomic mass is 16.3. The van der Waals surface area contributed by atoms with Gasteiger partial charge in [-0.15, -0.1) is 0 Å². The van der Waals surface area contributed by atoms with E-state index in [2.05, 4.69) is 0 Å².